The number of hydrogen-bond donors (Lipinski definition) is 2. The summed E-state index contributed by atoms with van der Waals surface area (Å²) >= 11 is 0. The Hall–Kier alpha value is -4.16. The van der Waals surface area contributed by atoms with Gasteiger partial charge in [-0.2, -0.15) is 5.10 Å². The molecule has 1 amide bonds. The Balaban J connectivity index is 1.23. The Bertz CT molecular complexity index is 1500. The van der Waals surface area contributed by atoms with Crippen LogP contribution in [0.25, 0.3) is 22.8 Å². The summed E-state index contributed by atoms with van der Waals surface area (Å²) < 4.78 is 13.1. The number of pyridine rings is 1. The third-order valence-electron chi connectivity index (χ3n) is 6.60. The predicted octanol–water partition coefficient (Wildman–Crippen LogP) is 2.49. The van der Waals surface area contributed by atoms with Gasteiger partial charge in [-0.1, -0.05) is 11.2 Å². The molecule has 0 radical (unpaired) electrons. The number of likely N-dealkylation sites (N-methyl/N-ethyl adjacent to an activating group) is 1. The van der Waals surface area contributed by atoms with Crippen LogP contribution in [0.1, 0.15) is 31.7 Å². The largest absolute Gasteiger partial charge is 0.373 e. The number of carbonyl (C=O) groups excluding carboxylic acids is 1. The van der Waals surface area contributed by atoms with Gasteiger partial charge < -0.3 is 24.6 Å². The number of anilines is 2. The number of hydrogen-bond acceptors (Lipinski definition) is 10. The zero-order valence-electron chi connectivity index (χ0n) is 20.7. The topological polar surface area (TPSA) is 144 Å². The summed E-state index contributed by atoms with van der Waals surface area (Å²) in [6.07, 6.45) is 1.89. The van der Waals surface area contributed by atoms with Crippen LogP contribution in [0.5, 0.6) is 0 Å². The Morgan fingerprint density at radius 1 is 1.08 bits per heavy atom. The number of aliphatic hydroxyl groups is 1. The lowest BCUT2D eigenvalue weighted by molar-refractivity contribution is -0.144. The number of ether oxygens (including phenoxy) is 1. The summed E-state index contributed by atoms with van der Waals surface area (Å²) in [6, 6.07) is 10.7. The van der Waals surface area contributed by atoms with Gasteiger partial charge in [-0.15, -0.1) is 0 Å². The number of aromatic nitrogens is 6. The van der Waals surface area contributed by atoms with E-state index in [0.717, 1.165) is 5.69 Å². The standard InChI is InChI=1S/C25H26N8O4/c1-24(2)14-33-15(13-36-24)11-21(30-33)29-23-26-9-7-18(28-23)16-5-4-6-17(27-16)19-12-20(37-31-19)25(35)8-10-32(3)22(25)34/h4-7,9,11-12,35H,8,10,13-14H2,1-3H3,(H,26,28,29,30)/t25-/m1/s1. The lowest BCUT2D eigenvalue weighted by atomic mass is 9.98. The molecule has 12 nitrogen and oxygen atoms in total. The molecule has 1 fully saturated rings. The van der Waals surface area contributed by atoms with E-state index in [0.29, 0.717) is 54.2 Å². The lowest BCUT2D eigenvalue weighted by Crippen LogP contribution is -2.36. The number of likely N-dealkylation sites (tertiary alicyclic amines) is 1. The molecule has 2 N–H and O–H groups in total. The molecular formula is C25H26N8O4. The van der Waals surface area contributed by atoms with Crippen molar-refractivity contribution in [1.29, 1.82) is 0 Å². The SMILES string of the molecule is CN1CC[C@@](O)(c2cc(-c3cccc(-c4ccnc(Nc5cc6n(n5)CC(C)(C)OC6)n4)n3)no2)C1=O. The number of nitrogens with one attached hydrogen (secondary N) is 1. The number of rotatable bonds is 5. The number of fused-ring (bicyclic) bond motifs is 1. The van der Waals surface area contributed by atoms with Crippen LogP contribution < -0.4 is 5.32 Å². The van der Waals surface area contributed by atoms with E-state index in [9.17, 15) is 9.90 Å². The predicted molar refractivity (Wildman–Crippen MR) is 131 cm³/mol. The second kappa shape index (κ2) is 8.46. The van der Waals surface area contributed by atoms with E-state index in [-0.39, 0.29) is 17.8 Å². The molecule has 0 unspecified atom stereocenters. The smallest absolute Gasteiger partial charge is 0.262 e. The zero-order chi connectivity index (χ0) is 25.8. The summed E-state index contributed by atoms with van der Waals surface area (Å²) in [4.78, 5) is 27.5. The third kappa shape index (κ3) is 4.23. The minimum absolute atomic E-state index is 0.106. The highest BCUT2D eigenvalue weighted by molar-refractivity contribution is 5.87. The third-order valence-corrected chi connectivity index (χ3v) is 6.60. The number of carbonyl (C=O) groups is 1. The molecule has 1 saturated heterocycles. The van der Waals surface area contributed by atoms with Gasteiger partial charge in [-0.05, 0) is 32.0 Å². The molecule has 4 aromatic heterocycles. The van der Waals surface area contributed by atoms with Gasteiger partial charge in [-0.25, -0.2) is 15.0 Å². The number of nitrogens with zero attached hydrogens (tertiary/aromatic N) is 7. The normalized spacial score (nSPS) is 20.8. The highest BCUT2D eigenvalue weighted by Crippen LogP contribution is 2.34. The van der Waals surface area contributed by atoms with Crippen LogP contribution in [-0.4, -0.2) is 65.0 Å². The van der Waals surface area contributed by atoms with Gasteiger partial charge in [0.05, 0.1) is 41.5 Å². The second-order valence-electron chi connectivity index (χ2n) is 9.94. The van der Waals surface area contributed by atoms with Gasteiger partial charge >= 0.3 is 0 Å². The van der Waals surface area contributed by atoms with Crippen molar-refractivity contribution in [2.75, 3.05) is 18.9 Å². The van der Waals surface area contributed by atoms with E-state index in [1.807, 2.05) is 36.7 Å². The van der Waals surface area contributed by atoms with Gasteiger partial charge in [0.15, 0.2) is 11.6 Å². The average Bonchev–Trinajstić information content (AvgIpc) is 3.59. The Labute approximate surface area is 212 Å². The maximum absolute atomic E-state index is 12.4. The molecule has 0 aliphatic carbocycles. The molecule has 2 aliphatic heterocycles. The van der Waals surface area contributed by atoms with Crippen LogP contribution >= 0.6 is 0 Å². The molecule has 0 saturated carbocycles. The first kappa shape index (κ1) is 23.3. The molecule has 37 heavy (non-hydrogen) atoms. The molecule has 12 heteroatoms. The fourth-order valence-electron chi connectivity index (χ4n) is 4.51. The Kier molecular flexibility index (Phi) is 5.31. The van der Waals surface area contributed by atoms with Crippen molar-refractivity contribution in [3.05, 3.63) is 54.0 Å². The van der Waals surface area contributed by atoms with Crippen molar-refractivity contribution in [3.63, 3.8) is 0 Å². The molecule has 6 rings (SSSR count). The van der Waals surface area contributed by atoms with Gasteiger partial charge in [0.25, 0.3) is 5.91 Å². The van der Waals surface area contributed by atoms with E-state index in [2.05, 4.69) is 30.5 Å². The van der Waals surface area contributed by atoms with E-state index in [4.69, 9.17) is 9.26 Å². The molecule has 4 aromatic rings. The highest BCUT2D eigenvalue weighted by Gasteiger charge is 2.48. The first-order chi connectivity index (χ1) is 17.7. The van der Waals surface area contributed by atoms with Crippen molar-refractivity contribution < 1.29 is 19.2 Å². The highest BCUT2D eigenvalue weighted by atomic mass is 16.5. The Morgan fingerprint density at radius 2 is 1.86 bits per heavy atom. The maximum atomic E-state index is 12.4. The van der Waals surface area contributed by atoms with Crippen LogP contribution in [0, 0.1) is 0 Å². The summed E-state index contributed by atoms with van der Waals surface area (Å²) in [6.45, 7) is 5.66. The summed E-state index contributed by atoms with van der Waals surface area (Å²) in [5, 5.41) is 22.7. The lowest BCUT2D eigenvalue weighted by Gasteiger charge is -2.30. The van der Waals surface area contributed by atoms with E-state index in [1.165, 1.54) is 4.90 Å². The van der Waals surface area contributed by atoms with Crippen molar-refractivity contribution in [3.8, 4) is 22.8 Å². The molecule has 1 atom stereocenters. The van der Waals surface area contributed by atoms with Crippen molar-refractivity contribution >= 4 is 17.7 Å². The van der Waals surface area contributed by atoms with Gasteiger partial charge in [-0.3, -0.25) is 9.48 Å². The van der Waals surface area contributed by atoms with E-state index >= 15 is 0 Å². The fourth-order valence-corrected chi connectivity index (χ4v) is 4.51. The maximum Gasteiger partial charge on any atom is 0.262 e. The van der Waals surface area contributed by atoms with E-state index < -0.39 is 11.5 Å². The molecule has 6 heterocycles. The van der Waals surface area contributed by atoms with Crippen molar-refractivity contribution in [2.24, 2.45) is 0 Å². The fraction of sp³-hybridized carbons (Fsp3) is 0.360. The van der Waals surface area contributed by atoms with Crippen molar-refractivity contribution in [1.82, 2.24) is 34.8 Å². The first-order valence-electron chi connectivity index (χ1n) is 11.9. The van der Waals surface area contributed by atoms with Crippen LogP contribution in [0.3, 0.4) is 0 Å². The van der Waals surface area contributed by atoms with Crippen LogP contribution in [0.4, 0.5) is 11.8 Å². The number of amides is 1. The van der Waals surface area contributed by atoms with Crippen molar-refractivity contribution in [2.45, 2.75) is 44.6 Å². The zero-order valence-corrected chi connectivity index (χ0v) is 20.7. The van der Waals surface area contributed by atoms with Crippen LogP contribution in [-0.2, 0) is 28.3 Å². The minimum Gasteiger partial charge on any atom is -0.373 e. The van der Waals surface area contributed by atoms with Gasteiger partial charge in [0, 0.05) is 38.3 Å². The summed E-state index contributed by atoms with van der Waals surface area (Å²) in [5.41, 5.74) is 1.13. The summed E-state index contributed by atoms with van der Waals surface area (Å²) in [7, 11) is 1.64. The molecule has 2 aliphatic rings. The molecule has 0 aromatic carbocycles. The second-order valence-corrected chi connectivity index (χ2v) is 9.94. The molecule has 0 bridgehead atoms. The van der Waals surface area contributed by atoms with Gasteiger partial charge in [0.1, 0.15) is 5.69 Å². The monoisotopic (exact) mass is 502 g/mol. The quantitative estimate of drug-likeness (QED) is 0.417. The van der Waals surface area contributed by atoms with Crippen LogP contribution in [0.2, 0.25) is 0 Å². The summed E-state index contributed by atoms with van der Waals surface area (Å²) in [5.74, 6) is 0.715. The average molecular weight is 503 g/mol. The first-order valence-corrected chi connectivity index (χ1v) is 11.9. The van der Waals surface area contributed by atoms with E-state index in [1.54, 1.807) is 31.4 Å². The Morgan fingerprint density at radius 3 is 2.65 bits per heavy atom. The minimum atomic E-state index is -1.71. The van der Waals surface area contributed by atoms with Gasteiger partial charge in [0.2, 0.25) is 11.5 Å². The molecule has 0 spiro atoms. The molecular weight excluding hydrogens is 476 g/mol. The molecule has 190 valence electrons. The van der Waals surface area contributed by atoms with Crippen LogP contribution in [0.15, 0.2) is 47.1 Å².